The Kier molecular flexibility index (Phi) is 3.45. The van der Waals surface area contributed by atoms with Gasteiger partial charge in [0.25, 0.3) is 0 Å². The Morgan fingerprint density at radius 2 is 1.61 bits per heavy atom. The molecule has 18 heavy (non-hydrogen) atoms. The molecule has 0 unspecified atom stereocenters. The van der Waals surface area contributed by atoms with E-state index in [4.69, 9.17) is 11.6 Å². The first-order chi connectivity index (χ1) is 8.39. The van der Waals surface area contributed by atoms with Gasteiger partial charge in [-0.05, 0) is 29.2 Å². The summed E-state index contributed by atoms with van der Waals surface area (Å²) in [5.41, 5.74) is 2.39. The molecule has 0 bridgehead atoms. The van der Waals surface area contributed by atoms with E-state index in [1.165, 1.54) is 6.07 Å². The van der Waals surface area contributed by atoms with Crippen LogP contribution < -0.4 is 0 Å². The van der Waals surface area contributed by atoms with Crippen LogP contribution in [0.1, 0.15) is 26.3 Å². The molecule has 0 nitrogen and oxygen atoms in total. The van der Waals surface area contributed by atoms with Crippen LogP contribution in [-0.4, -0.2) is 0 Å². The zero-order valence-corrected chi connectivity index (χ0v) is 11.6. The quantitative estimate of drug-likeness (QED) is 0.642. The zero-order valence-electron chi connectivity index (χ0n) is 10.8. The molecular weight excluding hydrogens is 247 g/mol. The Labute approximate surface area is 112 Å². The first kappa shape index (κ1) is 13.1. The Hall–Kier alpha value is -1.34. The summed E-state index contributed by atoms with van der Waals surface area (Å²) in [5, 5.41) is 0.572. The van der Waals surface area contributed by atoms with Gasteiger partial charge < -0.3 is 0 Å². The third kappa shape index (κ3) is 2.56. The van der Waals surface area contributed by atoms with Crippen molar-refractivity contribution in [1.29, 1.82) is 0 Å². The largest absolute Gasteiger partial charge is 0.206 e. The number of halogens is 2. The molecule has 2 rings (SSSR count). The van der Waals surface area contributed by atoms with Crippen molar-refractivity contribution in [2.24, 2.45) is 0 Å². The fraction of sp³-hybridized carbons (Fsp3) is 0.250. The Balaban J connectivity index is 2.61. The van der Waals surface area contributed by atoms with Crippen molar-refractivity contribution in [2.45, 2.75) is 26.2 Å². The monoisotopic (exact) mass is 262 g/mol. The van der Waals surface area contributed by atoms with Crippen LogP contribution >= 0.6 is 11.6 Å². The van der Waals surface area contributed by atoms with E-state index in [-0.39, 0.29) is 11.2 Å². The van der Waals surface area contributed by atoms with E-state index in [0.717, 1.165) is 11.1 Å². The summed E-state index contributed by atoms with van der Waals surface area (Å²) < 4.78 is 14.0. The molecule has 0 aliphatic carbocycles. The van der Waals surface area contributed by atoms with Crippen molar-refractivity contribution in [1.82, 2.24) is 0 Å². The van der Waals surface area contributed by atoms with Crippen LogP contribution in [0.25, 0.3) is 11.1 Å². The van der Waals surface area contributed by atoms with Gasteiger partial charge in [-0.25, -0.2) is 4.39 Å². The lowest BCUT2D eigenvalue weighted by Gasteiger charge is -2.20. The summed E-state index contributed by atoms with van der Waals surface area (Å²) in [5.74, 6) is -0.240. The third-order valence-electron chi connectivity index (χ3n) is 3.00. The number of hydrogen-bond acceptors (Lipinski definition) is 0. The molecule has 0 aromatic heterocycles. The van der Waals surface area contributed by atoms with Gasteiger partial charge in [0.1, 0.15) is 5.82 Å². The summed E-state index contributed by atoms with van der Waals surface area (Å²) in [6.07, 6.45) is 0. The standard InChI is InChI=1S/C16H16ClF/c1-16(2,3)11-8-9-15(18)13(10-11)12-6-4-5-7-14(12)17/h4-10H,1-3H3. The molecule has 0 saturated carbocycles. The minimum absolute atomic E-state index is 0.0102. The minimum Gasteiger partial charge on any atom is -0.206 e. The Bertz CT molecular complexity index is 568. The first-order valence-electron chi connectivity index (χ1n) is 5.94. The molecule has 0 atom stereocenters. The topological polar surface area (TPSA) is 0 Å². The molecule has 94 valence electrons. The van der Waals surface area contributed by atoms with E-state index in [9.17, 15) is 4.39 Å². The van der Waals surface area contributed by atoms with Gasteiger partial charge in [-0.3, -0.25) is 0 Å². The van der Waals surface area contributed by atoms with E-state index in [1.54, 1.807) is 6.07 Å². The van der Waals surface area contributed by atoms with Gasteiger partial charge in [0.15, 0.2) is 0 Å². The van der Waals surface area contributed by atoms with Crippen LogP contribution in [0.2, 0.25) is 5.02 Å². The van der Waals surface area contributed by atoms with Gasteiger partial charge in [0, 0.05) is 16.1 Å². The van der Waals surface area contributed by atoms with Crippen LogP contribution in [-0.2, 0) is 5.41 Å². The number of rotatable bonds is 1. The third-order valence-corrected chi connectivity index (χ3v) is 3.33. The molecule has 0 aliphatic rings. The van der Waals surface area contributed by atoms with E-state index in [1.807, 2.05) is 30.3 Å². The summed E-state index contributed by atoms with van der Waals surface area (Å²) >= 11 is 6.13. The van der Waals surface area contributed by atoms with Crippen LogP contribution in [0.3, 0.4) is 0 Å². The van der Waals surface area contributed by atoms with Crippen molar-refractivity contribution in [2.75, 3.05) is 0 Å². The van der Waals surface area contributed by atoms with Crippen molar-refractivity contribution in [3.8, 4) is 11.1 Å². The van der Waals surface area contributed by atoms with Gasteiger partial charge in [-0.15, -0.1) is 0 Å². The van der Waals surface area contributed by atoms with E-state index < -0.39 is 0 Å². The second-order valence-electron chi connectivity index (χ2n) is 5.42. The molecule has 0 heterocycles. The van der Waals surface area contributed by atoms with Crippen molar-refractivity contribution in [3.05, 3.63) is 58.9 Å². The Morgan fingerprint density at radius 1 is 0.944 bits per heavy atom. The Morgan fingerprint density at radius 3 is 2.22 bits per heavy atom. The maximum Gasteiger partial charge on any atom is 0.131 e. The molecule has 0 saturated heterocycles. The smallest absolute Gasteiger partial charge is 0.131 e. The summed E-state index contributed by atoms with van der Waals surface area (Å²) in [6.45, 7) is 6.32. The van der Waals surface area contributed by atoms with Crippen LogP contribution in [0.5, 0.6) is 0 Å². The number of benzene rings is 2. The van der Waals surface area contributed by atoms with Crippen LogP contribution in [0, 0.1) is 5.82 Å². The lowest BCUT2D eigenvalue weighted by atomic mass is 9.85. The highest BCUT2D eigenvalue weighted by Gasteiger charge is 2.17. The lowest BCUT2D eigenvalue weighted by Crippen LogP contribution is -2.11. The van der Waals surface area contributed by atoms with Crippen molar-refractivity contribution >= 4 is 11.6 Å². The molecule has 2 aromatic rings. The van der Waals surface area contributed by atoms with E-state index >= 15 is 0 Å². The predicted molar refractivity (Wildman–Crippen MR) is 75.5 cm³/mol. The maximum atomic E-state index is 14.0. The second kappa shape index (κ2) is 4.74. The van der Waals surface area contributed by atoms with E-state index in [2.05, 4.69) is 20.8 Å². The molecule has 2 aromatic carbocycles. The SMILES string of the molecule is CC(C)(C)c1ccc(F)c(-c2ccccc2Cl)c1. The van der Waals surface area contributed by atoms with Gasteiger partial charge >= 0.3 is 0 Å². The lowest BCUT2D eigenvalue weighted by molar-refractivity contribution is 0.584. The molecule has 0 spiro atoms. The average Bonchev–Trinajstić information content (AvgIpc) is 2.29. The van der Waals surface area contributed by atoms with Crippen LogP contribution in [0.15, 0.2) is 42.5 Å². The predicted octanol–water partition coefficient (Wildman–Crippen LogP) is 5.44. The fourth-order valence-corrected chi connectivity index (χ4v) is 2.12. The van der Waals surface area contributed by atoms with Crippen molar-refractivity contribution < 1.29 is 4.39 Å². The second-order valence-corrected chi connectivity index (χ2v) is 5.83. The molecule has 0 fully saturated rings. The highest BCUT2D eigenvalue weighted by atomic mass is 35.5. The van der Waals surface area contributed by atoms with Gasteiger partial charge in [-0.2, -0.15) is 0 Å². The van der Waals surface area contributed by atoms with Crippen molar-refractivity contribution in [3.63, 3.8) is 0 Å². The first-order valence-corrected chi connectivity index (χ1v) is 6.32. The van der Waals surface area contributed by atoms with Gasteiger partial charge in [0.05, 0.1) is 0 Å². The highest BCUT2D eigenvalue weighted by Crippen LogP contribution is 2.33. The minimum atomic E-state index is -0.240. The number of hydrogen-bond donors (Lipinski definition) is 0. The van der Waals surface area contributed by atoms with E-state index in [0.29, 0.717) is 10.6 Å². The summed E-state index contributed by atoms with van der Waals surface area (Å²) in [4.78, 5) is 0. The average molecular weight is 263 g/mol. The molecule has 0 aliphatic heterocycles. The molecular formula is C16H16ClF. The molecule has 0 N–H and O–H groups in total. The maximum absolute atomic E-state index is 14.0. The normalized spacial score (nSPS) is 11.6. The summed E-state index contributed by atoms with van der Waals surface area (Å²) in [7, 11) is 0. The fourth-order valence-electron chi connectivity index (χ4n) is 1.88. The molecule has 2 heteroatoms. The van der Waals surface area contributed by atoms with Gasteiger partial charge in [0.2, 0.25) is 0 Å². The van der Waals surface area contributed by atoms with Crippen LogP contribution in [0.4, 0.5) is 4.39 Å². The molecule has 0 amide bonds. The zero-order chi connectivity index (χ0) is 13.3. The highest BCUT2D eigenvalue weighted by molar-refractivity contribution is 6.33. The summed E-state index contributed by atoms with van der Waals surface area (Å²) in [6, 6.07) is 12.6. The van der Waals surface area contributed by atoms with Gasteiger partial charge in [-0.1, -0.05) is 56.6 Å². The molecule has 0 radical (unpaired) electrons.